The van der Waals surface area contributed by atoms with Crippen molar-refractivity contribution >= 4 is 21.8 Å². The van der Waals surface area contributed by atoms with Crippen LogP contribution in [0.1, 0.15) is 43.1 Å². The molecule has 0 aromatic carbocycles. The number of carbonyl (C=O) groups excluding carboxylic acids is 1. The van der Waals surface area contributed by atoms with Gasteiger partial charge in [-0.05, 0) is 42.8 Å². The maximum atomic E-state index is 12.3. The van der Waals surface area contributed by atoms with Crippen LogP contribution in [0.15, 0.2) is 23.1 Å². The summed E-state index contributed by atoms with van der Waals surface area (Å²) in [7, 11) is 0. The number of aryl methyl sites for hydroxylation is 1. The van der Waals surface area contributed by atoms with E-state index in [1.807, 2.05) is 42.2 Å². The normalized spacial score (nSPS) is 11.1. The first kappa shape index (κ1) is 14.8. The van der Waals surface area contributed by atoms with E-state index in [1.54, 1.807) is 6.33 Å². The molecule has 20 heavy (non-hydrogen) atoms. The predicted molar refractivity (Wildman–Crippen MR) is 79.4 cm³/mol. The lowest BCUT2D eigenvalue weighted by Crippen LogP contribution is -2.27. The van der Waals surface area contributed by atoms with Gasteiger partial charge in [0.15, 0.2) is 5.82 Å². The summed E-state index contributed by atoms with van der Waals surface area (Å²) < 4.78 is 4.73. The van der Waals surface area contributed by atoms with Crippen LogP contribution in [0, 0.1) is 0 Å². The SMILES string of the molecule is CCn1cnnc1CNC(=O)c1cc(Br)cn1C(C)C. The molecule has 1 N–H and O–H groups in total. The molecule has 0 fully saturated rings. The lowest BCUT2D eigenvalue weighted by Gasteiger charge is -2.12. The third-order valence-corrected chi connectivity index (χ3v) is 3.48. The second-order valence-corrected chi connectivity index (χ2v) is 5.68. The third-order valence-electron chi connectivity index (χ3n) is 3.05. The second-order valence-electron chi connectivity index (χ2n) is 4.76. The zero-order valence-corrected chi connectivity index (χ0v) is 13.4. The molecule has 0 radical (unpaired) electrons. The quantitative estimate of drug-likeness (QED) is 0.909. The number of nitrogens with one attached hydrogen (secondary N) is 1. The van der Waals surface area contributed by atoms with Gasteiger partial charge in [-0.1, -0.05) is 0 Å². The van der Waals surface area contributed by atoms with E-state index in [-0.39, 0.29) is 11.9 Å². The number of carbonyl (C=O) groups is 1. The Labute approximate surface area is 126 Å². The maximum absolute atomic E-state index is 12.3. The van der Waals surface area contributed by atoms with Crippen LogP contribution >= 0.6 is 15.9 Å². The Kier molecular flexibility index (Phi) is 4.59. The molecule has 1 amide bonds. The third kappa shape index (κ3) is 3.09. The number of hydrogen-bond acceptors (Lipinski definition) is 3. The largest absolute Gasteiger partial charge is 0.343 e. The van der Waals surface area contributed by atoms with Gasteiger partial charge in [0, 0.05) is 23.3 Å². The molecule has 2 aromatic heterocycles. The molecule has 0 saturated carbocycles. The smallest absolute Gasteiger partial charge is 0.268 e. The molecular formula is C13H18BrN5O. The van der Waals surface area contributed by atoms with Crippen LogP contribution in [-0.2, 0) is 13.1 Å². The molecule has 0 bridgehead atoms. The molecule has 7 heteroatoms. The predicted octanol–water partition coefficient (Wildman–Crippen LogP) is 2.37. The minimum absolute atomic E-state index is 0.116. The lowest BCUT2D eigenvalue weighted by molar-refractivity contribution is 0.0938. The van der Waals surface area contributed by atoms with Crippen LogP contribution in [0.25, 0.3) is 0 Å². The van der Waals surface area contributed by atoms with E-state index >= 15 is 0 Å². The van der Waals surface area contributed by atoms with Crippen LogP contribution in [0.3, 0.4) is 0 Å². The van der Waals surface area contributed by atoms with E-state index in [4.69, 9.17) is 0 Å². The van der Waals surface area contributed by atoms with Gasteiger partial charge in [0.2, 0.25) is 0 Å². The number of hydrogen-bond donors (Lipinski definition) is 1. The highest BCUT2D eigenvalue weighted by Gasteiger charge is 2.15. The Hall–Kier alpha value is -1.63. The van der Waals surface area contributed by atoms with Gasteiger partial charge >= 0.3 is 0 Å². The van der Waals surface area contributed by atoms with Crippen LogP contribution in [0.5, 0.6) is 0 Å². The Morgan fingerprint density at radius 2 is 2.25 bits per heavy atom. The molecule has 2 rings (SSSR count). The first-order valence-corrected chi connectivity index (χ1v) is 7.34. The van der Waals surface area contributed by atoms with Gasteiger partial charge in [0.25, 0.3) is 5.91 Å². The summed E-state index contributed by atoms with van der Waals surface area (Å²) in [5.41, 5.74) is 0.634. The van der Waals surface area contributed by atoms with Crippen molar-refractivity contribution in [3.05, 3.63) is 34.6 Å². The van der Waals surface area contributed by atoms with Crippen molar-refractivity contribution in [1.29, 1.82) is 0 Å². The van der Waals surface area contributed by atoms with Crippen molar-refractivity contribution in [2.45, 2.75) is 39.9 Å². The number of nitrogens with zero attached hydrogens (tertiary/aromatic N) is 4. The van der Waals surface area contributed by atoms with E-state index in [9.17, 15) is 4.79 Å². The van der Waals surface area contributed by atoms with Crippen molar-refractivity contribution in [2.75, 3.05) is 0 Å². The minimum atomic E-state index is -0.116. The molecule has 0 saturated heterocycles. The van der Waals surface area contributed by atoms with Crippen molar-refractivity contribution in [1.82, 2.24) is 24.6 Å². The molecule has 0 unspecified atom stereocenters. The Morgan fingerprint density at radius 1 is 1.50 bits per heavy atom. The molecule has 0 spiro atoms. The molecule has 6 nitrogen and oxygen atoms in total. The standard InChI is InChI=1S/C13H18BrN5O/c1-4-18-8-16-17-12(18)6-15-13(20)11-5-10(14)7-19(11)9(2)3/h5,7-9H,4,6H2,1-3H3,(H,15,20). The number of amides is 1. The van der Waals surface area contributed by atoms with E-state index in [0.29, 0.717) is 12.2 Å². The van der Waals surface area contributed by atoms with Gasteiger partial charge in [-0.25, -0.2) is 0 Å². The van der Waals surface area contributed by atoms with Crippen molar-refractivity contribution < 1.29 is 4.79 Å². The molecule has 0 aliphatic rings. The van der Waals surface area contributed by atoms with Crippen molar-refractivity contribution in [3.8, 4) is 0 Å². The van der Waals surface area contributed by atoms with Crippen LogP contribution < -0.4 is 5.32 Å². The molecule has 2 heterocycles. The summed E-state index contributed by atoms with van der Waals surface area (Å²) in [6.07, 6.45) is 3.57. The average Bonchev–Trinajstić information content (AvgIpc) is 3.01. The fourth-order valence-corrected chi connectivity index (χ4v) is 2.42. The summed E-state index contributed by atoms with van der Waals surface area (Å²) in [6.45, 7) is 7.24. The highest BCUT2D eigenvalue weighted by molar-refractivity contribution is 9.10. The van der Waals surface area contributed by atoms with Gasteiger partial charge in [0.05, 0.1) is 6.54 Å². The first-order valence-electron chi connectivity index (χ1n) is 6.55. The number of halogens is 1. The van der Waals surface area contributed by atoms with Gasteiger partial charge in [-0.15, -0.1) is 10.2 Å². The lowest BCUT2D eigenvalue weighted by atomic mass is 10.3. The van der Waals surface area contributed by atoms with Gasteiger partial charge in [0.1, 0.15) is 12.0 Å². The summed E-state index contributed by atoms with van der Waals surface area (Å²) in [5, 5.41) is 10.7. The molecule has 0 atom stereocenters. The summed E-state index contributed by atoms with van der Waals surface area (Å²) in [6, 6.07) is 2.04. The molecule has 108 valence electrons. The topological polar surface area (TPSA) is 64.7 Å². The second kappa shape index (κ2) is 6.21. The number of aromatic nitrogens is 4. The van der Waals surface area contributed by atoms with E-state index < -0.39 is 0 Å². The van der Waals surface area contributed by atoms with Crippen molar-refractivity contribution in [3.63, 3.8) is 0 Å². The Balaban J connectivity index is 2.09. The molecular weight excluding hydrogens is 322 g/mol. The first-order chi connectivity index (χ1) is 9.52. The summed E-state index contributed by atoms with van der Waals surface area (Å²) >= 11 is 3.40. The van der Waals surface area contributed by atoms with Gasteiger partial charge < -0.3 is 14.5 Å². The van der Waals surface area contributed by atoms with Crippen LogP contribution in [-0.4, -0.2) is 25.2 Å². The number of rotatable bonds is 5. The summed E-state index contributed by atoms with van der Waals surface area (Å²) in [5.74, 6) is 0.637. The van der Waals surface area contributed by atoms with Crippen molar-refractivity contribution in [2.24, 2.45) is 0 Å². The highest BCUT2D eigenvalue weighted by Crippen LogP contribution is 2.19. The zero-order valence-electron chi connectivity index (χ0n) is 11.8. The average molecular weight is 340 g/mol. The highest BCUT2D eigenvalue weighted by atomic mass is 79.9. The zero-order chi connectivity index (χ0) is 14.7. The minimum Gasteiger partial charge on any atom is -0.343 e. The van der Waals surface area contributed by atoms with Crippen LogP contribution in [0.4, 0.5) is 0 Å². The fraction of sp³-hybridized carbons (Fsp3) is 0.462. The van der Waals surface area contributed by atoms with Gasteiger partial charge in [-0.2, -0.15) is 0 Å². The molecule has 2 aromatic rings. The Morgan fingerprint density at radius 3 is 2.90 bits per heavy atom. The van der Waals surface area contributed by atoms with E-state index in [0.717, 1.165) is 16.8 Å². The molecule has 0 aliphatic carbocycles. The van der Waals surface area contributed by atoms with Gasteiger partial charge in [-0.3, -0.25) is 4.79 Å². The maximum Gasteiger partial charge on any atom is 0.268 e. The summed E-state index contributed by atoms with van der Waals surface area (Å²) in [4.78, 5) is 12.3. The van der Waals surface area contributed by atoms with E-state index in [2.05, 4.69) is 31.4 Å². The monoisotopic (exact) mass is 339 g/mol. The van der Waals surface area contributed by atoms with Crippen LogP contribution in [0.2, 0.25) is 0 Å². The fourth-order valence-electron chi connectivity index (χ4n) is 1.98. The van der Waals surface area contributed by atoms with E-state index in [1.165, 1.54) is 0 Å². The Bertz CT molecular complexity index is 602. The molecule has 0 aliphatic heterocycles.